The first kappa shape index (κ1) is 13.3. The van der Waals surface area contributed by atoms with E-state index >= 15 is 0 Å². The van der Waals surface area contributed by atoms with Crippen LogP contribution in [0.15, 0.2) is 0 Å². The number of likely N-dealkylation sites (tertiary alicyclic amines) is 1. The Labute approximate surface area is 107 Å². The largest absolute Gasteiger partial charge is 0.297 e. The zero-order chi connectivity index (χ0) is 12.4. The highest BCUT2D eigenvalue weighted by atomic mass is 15.4. The molecule has 1 unspecified atom stereocenters. The van der Waals surface area contributed by atoms with Crippen molar-refractivity contribution >= 4 is 0 Å². The van der Waals surface area contributed by atoms with E-state index < -0.39 is 0 Å². The second-order valence-electron chi connectivity index (χ2n) is 6.56. The highest BCUT2D eigenvalue weighted by Crippen LogP contribution is 2.30. The van der Waals surface area contributed by atoms with Crippen molar-refractivity contribution in [3.05, 3.63) is 0 Å². The third-order valence-corrected chi connectivity index (χ3v) is 4.16. The van der Waals surface area contributed by atoms with Crippen LogP contribution in [0.1, 0.15) is 33.1 Å². The summed E-state index contributed by atoms with van der Waals surface area (Å²) in [5, 5.41) is 0. The summed E-state index contributed by atoms with van der Waals surface area (Å²) in [6.45, 7) is 9.70. The van der Waals surface area contributed by atoms with Gasteiger partial charge in [0.2, 0.25) is 0 Å². The predicted octanol–water partition coefficient (Wildman–Crippen LogP) is 1.70. The second-order valence-corrected chi connectivity index (χ2v) is 6.56. The lowest BCUT2D eigenvalue weighted by Gasteiger charge is -2.42. The number of piperazine rings is 1. The van der Waals surface area contributed by atoms with Crippen molar-refractivity contribution < 1.29 is 0 Å². The van der Waals surface area contributed by atoms with Gasteiger partial charge in [-0.2, -0.15) is 0 Å². The normalized spacial score (nSPS) is 30.7. The maximum Gasteiger partial charge on any atom is 0.0502 e. The molecule has 0 saturated carbocycles. The van der Waals surface area contributed by atoms with Crippen molar-refractivity contribution in [3.63, 3.8) is 0 Å². The molecule has 100 valence electrons. The van der Waals surface area contributed by atoms with Crippen LogP contribution in [-0.4, -0.2) is 67.2 Å². The van der Waals surface area contributed by atoms with E-state index in [0.29, 0.717) is 0 Å². The molecule has 3 nitrogen and oxygen atoms in total. The molecule has 2 aliphatic heterocycles. The van der Waals surface area contributed by atoms with Crippen molar-refractivity contribution in [1.29, 1.82) is 0 Å². The summed E-state index contributed by atoms with van der Waals surface area (Å²) in [7, 11) is 4.35. The van der Waals surface area contributed by atoms with E-state index in [9.17, 15) is 0 Å². The van der Waals surface area contributed by atoms with E-state index in [-0.39, 0.29) is 0 Å². The zero-order valence-corrected chi connectivity index (χ0v) is 12.0. The van der Waals surface area contributed by atoms with Crippen molar-refractivity contribution in [2.24, 2.45) is 5.92 Å². The van der Waals surface area contributed by atoms with Gasteiger partial charge in [0.25, 0.3) is 0 Å². The topological polar surface area (TPSA) is 9.72 Å². The number of hydrogen-bond donors (Lipinski definition) is 0. The molecular weight excluding hydrogens is 210 g/mol. The molecule has 2 rings (SSSR count). The molecule has 2 aliphatic rings. The molecule has 2 saturated heterocycles. The number of fused-ring (bicyclic) bond motifs is 2. The third-order valence-electron chi connectivity index (χ3n) is 4.16. The monoisotopic (exact) mass is 239 g/mol. The minimum Gasteiger partial charge on any atom is -0.297 e. The van der Waals surface area contributed by atoms with E-state index in [4.69, 9.17) is 0 Å². The SMILES string of the molecule is CC(C)CCN1C2CC[C@@H]1CN(CN(C)C)C2. The van der Waals surface area contributed by atoms with Crippen molar-refractivity contribution in [1.82, 2.24) is 14.7 Å². The van der Waals surface area contributed by atoms with Gasteiger partial charge in [-0.15, -0.1) is 0 Å². The van der Waals surface area contributed by atoms with Crippen LogP contribution in [0.25, 0.3) is 0 Å². The fourth-order valence-electron chi connectivity index (χ4n) is 3.37. The van der Waals surface area contributed by atoms with Gasteiger partial charge in [-0.25, -0.2) is 0 Å². The van der Waals surface area contributed by atoms with Crippen LogP contribution in [0, 0.1) is 5.92 Å². The predicted molar refractivity (Wildman–Crippen MR) is 73.1 cm³/mol. The molecule has 2 bridgehead atoms. The van der Waals surface area contributed by atoms with Gasteiger partial charge in [-0.3, -0.25) is 14.7 Å². The smallest absolute Gasteiger partial charge is 0.0502 e. The number of nitrogens with zero attached hydrogens (tertiary/aromatic N) is 3. The van der Waals surface area contributed by atoms with Crippen LogP contribution < -0.4 is 0 Å². The summed E-state index contributed by atoms with van der Waals surface area (Å²) >= 11 is 0. The van der Waals surface area contributed by atoms with Gasteiger partial charge in [-0.1, -0.05) is 13.8 Å². The van der Waals surface area contributed by atoms with E-state index in [1.54, 1.807) is 0 Å². The van der Waals surface area contributed by atoms with Crippen LogP contribution in [0.5, 0.6) is 0 Å². The molecule has 0 amide bonds. The summed E-state index contributed by atoms with van der Waals surface area (Å²) in [5.41, 5.74) is 0. The maximum atomic E-state index is 2.80. The highest BCUT2D eigenvalue weighted by Gasteiger charge is 2.39. The van der Waals surface area contributed by atoms with Gasteiger partial charge in [0, 0.05) is 25.2 Å². The molecule has 0 radical (unpaired) electrons. The summed E-state index contributed by atoms with van der Waals surface area (Å²) in [6, 6.07) is 1.68. The van der Waals surface area contributed by atoms with Crippen molar-refractivity contribution in [2.45, 2.75) is 45.2 Å². The molecule has 17 heavy (non-hydrogen) atoms. The van der Waals surface area contributed by atoms with Crippen LogP contribution >= 0.6 is 0 Å². The quantitative estimate of drug-likeness (QED) is 0.723. The molecule has 3 heteroatoms. The van der Waals surface area contributed by atoms with Crippen molar-refractivity contribution in [2.75, 3.05) is 40.4 Å². The van der Waals surface area contributed by atoms with Crippen LogP contribution in [-0.2, 0) is 0 Å². The molecule has 0 spiro atoms. The minimum absolute atomic E-state index is 0.840. The minimum atomic E-state index is 0.840. The Morgan fingerprint density at radius 3 is 2.18 bits per heavy atom. The molecule has 0 aromatic heterocycles. The Hall–Kier alpha value is -0.120. The van der Waals surface area contributed by atoms with Gasteiger partial charge < -0.3 is 0 Å². The van der Waals surface area contributed by atoms with Crippen LogP contribution in [0.3, 0.4) is 0 Å². The van der Waals surface area contributed by atoms with Gasteiger partial charge >= 0.3 is 0 Å². The Balaban J connectivity index is 1.84. The average molecular weight is 239 g/mol. The van der Waals surface area contributed by atoms with Crippen LogP contribution in [0.2, 0.25) is 0 Å². The summed E-state index contributed by atoms with van der Waals surface area (Å²) in [6.07, 6.45) is 4.21. The number of hydrogen-bond acceptors (Lipinski definition) is 3. The zero-order valence-electron chi connectivity index (χ0n) is 12.0. The maximum absolute atomic E-state index is 2.80. The van der Waals surface area contributed by atoms with Gasteiger partial charge in [0.1, 0.15) is 0 Å². The summed E-state index contributed by atoms with van der Waals surface area (Å²) in [4.78, 5) is 7.73. The first-order valence-electron chi connectivity index (χ1n) is 7.19. The fraction of sp³-hybridized carbons (Fsp3) is 1.00. The lowest BCUT2D eigenvalue weighted by atomic mass is 10.1. The standard InChI is InChI=1S/C14H29N3/c1-12(2)7-8-17-13-5-6-14(17)10-16(9-13)11-15(3)4/h12-14H,5-11H2,1-4H3/t13-,14?/m1/s1. The van der Waals surface area contributed by atoms with E-state index in [0.717, 1.165) is 24.7 Å². The summed E-state index contributed by atoms with van der Waals surface area (Å²) in [5.74, 6) is 0.842. The van der Waals surface area contributed by atoms with Gasteiger partial charge in [-0.05, 0) is 45.8 Å². The van der Waals surface area contributed by atoms with E-state index in [2.05, 4.69) is 42.6 Å². The Morgan fingerprint density at radius 2 is 1.71 bits per heavy atom. The number of rotatable bonds is 5. The highest BCUT2D eigenvalue weighted by molar-refractivity contribution is 4.95. The summed E-state index contributed by atoms with van der Waals surface area (Å²) < 4.78 is 0. The first-order valence-corrected chi connectivity index (χ1v) is 7.19. The van der Waals surface area contributed by atoms with E-state index in [1.165, 1.54) is 38.9 Å². The molecule has 0 aliphatic carbocycles. The Bertz CT molecular complexity index is 226. The van der Waals surface area contributed by atoms with Gasteiger partial charge in [0.15, 0.2) is 0 Å². The lowest BCUT2D eigenvalue weighted by Crippen LogP contribution is -2.55. The second kappa shape index (κ2) is 5.68. The molecule has 0 N–H and O–H groups in total. The molecule has 0 aromatic carbocycles. The van der Waals surface area contributed by atoms with E-state index in [1.807, 2.05) is 0 Å². The fourth-order valence-corrected chi connectivity index (χ4v) is 3.37. The Morgan fingerprint density at radius 1 is 1.12 bits per heavy atom. The average Bonchev–Trinajstić information content (AvgIpc) is 2.45. The molecular formula is C14H29N3. The first-order chi connectivity index (χ1) is 8.06. The molecule has 2 fully saturated rings. The molecule has 2 heterocycles. The third kappa shape index (κ3) is 3.43. The molecule has 0 aromatic rings. The lowest BCUT2D eigenvalue weighted by molar-refractivity contribution is 0.0397. The van der Waals surface area contributed by atoms with Crippen molar-refractivity contribution in [3.8, 4) is 0 Å². The van der Waals surface area contributed by atoms with Gasteiger partial charge in [0.05, 0.1) is 6.67 Å². The van der Waals surface area contributed by atoms with Crippen LogP contribution in [0.4, 0.5) is 0 Å². The Kier molecular flexibility index (Phi) is 4.45. The molecule has 2 atom stereocenters.